The molecule has 0 amide bonds. The van der Waals surface area contributed by atoms with Crippen LogP contribution < -0.4 is 0 Å². The Morgan fingerprint density at radius 1 is 1.33 bits per heavy atom. The van der Waals surface area contributed by atoms with Crippen molar-refractivity contribution < 1.29 is 10.3 Å². The minimum Gasteiger partial charge on any atom is -0.411 e. The van der Waals surface area contributed by atoms with Gasteiger partial charge in [0.2, 0.25) is 0 Å². The monoisotopic (exact) mass is 229 g/mol. The van der Waals surface area contributed by atoms with Gasteiger partial charge in [-0.2, -0.15) is 0 Å². The van der Waals surface area contributed by atoms with Crippen LogP contribution in [0.4, 0.5) is 0 Å². The fourth-order valence-electron chi connectivity index (χ4n) is 0.852. The lowest BCUT2D eigenvalue weighted by Gasteiger charge is -2.04. The van der Waals surface area contributed by atoms with Gasteiger partial charge in [-0.3, -0.25) is 0 Å². The Bertz CT molecular complexity index is 272. The third-order valence-corrected chi connectivity index (χ3v) is 1.84. The molecule has 1 aromatic rings. The van der Waals surface area contributed by atoms with Crippen LogP contribution in [0.15, 0.2) is 35.5 Å². The molecule has 0 heterocycles. The minimum absolute atomic E-state index is 0.204. The van der Waals surface area contributed by atoms with Crippen molar-refractivity contribution in [2.45, 2.75) is 5.01 Å². The summed E-state index contributed by atoms with van der Waals surface area (Å²) in [5, 5.41) is 19.7. The van der Waals surface area contributed by atoms with Crippen LogP contribution in [0.25, 0.3) is 0 Å². The van der Waals surface area contributed by atoms with Crippen molar-refractivity contribution in [2.24, 2.45) is 5.16 Å². The Morgan fingerprint density at radius 2 is 1.92 bits per heavy atom. The molecule has 1 aromatic carbocycles. The van der Waals surface area contributed by atoms with Gasteiger partial charge in [0.05, 0.1) is 0 Å². The first-order valence-corrected chi connectivity index (χ1v) is 4.27. The van der Waals surface area contributed by atoms with Crippen molar-refractivity contribution in [2.75, 3.05) is 0 Å². The van der Waals surface area contributed by atoms with Crippen molar-refractivity contribution in [1.82, 2.24) is 0 Å². The van der Waals surface area contributed by atoms with Gasteiger partial charge in [0.1, 0.15) is 5.71 Å². The number of rotatable bonds is 2. The van der Waals surface area contributed by atoms with Crippen LogP contribution in [-0.4, -0.2) is 21.0 Å². The fraction of sp³-hybridized carbons (Fsp3) is 0.125. The standard InChI is InChI=1S/C8H8BrNO2/c9-8(11)7(10-12)6-4-2-1-3-5-6/h1-5,8,11-12H. The molecule has 3 nitrogen and oxygen atoms in total. The second-order valence-electron chi connectivity index (χ2n) is 2.19. The SMILES string of the molecule is ON=C(c1ccccc1)C(O)Br. The number of benzene rings is 1. The van der Waals surface area contributed by atoms with Crippen molar-refractivity contribution in [3.63, 3.8) is 0 Å². The lowest BCUT2D eigenvalue weighted by Crippen LogP contribution is -2.14. The van der Waals surface area contributed by atoms with E-state index >= 15 is 0 Å². The molecule has 0 bridgehead atoms. The van der Waals surface area contributed by atoms with E-state index in [1.807, 2.05) is 6.07 Å². The molecule has 64 valence electrons. The van der Waals surface area contributed by atoms with E-state index in [0.717, 1.165) is 0 Å². The van der Waals surface area contributed by atoms with E-state index in [1.54, 1.807) is 24.3 Å². The first kappa shape index (κ1) is 9.22. The Labute approximate surface area is 78.5 Å². The Kier molecular flexibility index (Phi) is 3.25. The normalized spacial score (nSPS) is 14.3. The summed E-state index contributed by atoms with van der Waals surface area (Å²) in [6, 6.07) is 8.95. The number of alkyl halides is 1. The van der Waals surface area contributed by atoms with E-state index in [9.17, 15) is 0 Å². The quantitative estimate of drug-likeness (QED) is 0.350. The molecule has 0 aliphatic heterocycles. The molecule has 0 saturated carbocycles. The van der Waals surface area contributed by atoms with Crippen LogP contribution in [0.5, 0.6) is 0 Å². The van der Waals surface area contributed by atoms with Crippen LogP contribution in [0, 0.1) is 0 Å². The van der Waals surface area contributed by atoms with Gasteiger partial charge in [0.15, 0.2) is 5.01 Å². The second-order valence-corrected chi connectivity index (χ2v) is 3.05. The van der Waals surface area contributed by atoms with Crippen molar-refractivity contribution in [3.8, 4) is 0 Å². The molecule has 0 aliphatic carbocycles. The topological polar surface area (TPSA) is 52.8 Å². The summed E-state index contributed by atoms with van der Waals surface area (Å²) in [7, 11) is 0. The molecule has 1 atom stereocenters. The maximum absolute atomic E-state index is 9.09. The predicted molar refractivity (Wildman–Crippen MR) is 49.7 cm³/mol. The fourth-order valence-corrected chi connectivity index (χ4v) is 1.21. The molecule has 2 N–H and O–H groups in total. The first-order chi connectivity index (χ1) is 5.75. The zero-order chi connectivity index (χ0) is 8.97. The van der Waals surface area contributed by atoms with Crippen LogP contribution in [0.1, 0.15) is 5.56 Å². The van der Waals surface area contributed by atoms with Crippen LogP contribution in [0.2, 0.25) is 0 Å². The molecular formula is C8H8BrNO2. The Balaban J connectivity index is 2.97. The number of nitrogens with zero attached hydrogens (tertiary/aromatic N) is 1. The van der Waals surface area contributed by atoms with Gasteiger partial charge in [-0.1, -0.05) is 51.4 Å². The maximum Gasteiger partial charge on any atom is 0.154 e. The highest BCUT2D eigenvalue weighted by molar-refractivity contribution is 9.09. The summed E-state index contributed by atoms with van der Waals surface area (Å²) in [4.78, 5) is 0. The van der Waals surface area contributed by atoms with E-state index < -0.39 is 5.01 Å². The largest absolute Gasteiger partial charge is 0.411 e. The number of hydrogen-bond acceptors (Lipinski definition) is 3. The van der Waals surface area contributed by atoms with E-state index in [0.29, 0.717) is 5.56 Å². The summed E-state index contributed by atoms with van der Waals surface area (Å²) in [5.74, 6) is 0. The number of halogens is 1. The van der Waals surface area contributed by atoms with Gasteiger partial charge in [-0.05, 0) is 0 Å². The predicted octanol–water partition coefficient (Wildman–Crippen LogP) is 1.58. The lowest BCUT2D eigenvalue weighted by atomic mass is 10.1. The third kappa shape index (κ3) is 2.06. The number of hydrogen-bond donors (Lipinski definition) is 2. The summed E-state index contributed by atoms with van der Waals surface area (Å²) < 4.78 is 0. The zero-order valence-corrected chi connectivity index (χ0v) is 7.77. The van der Waals surface area contributed by atoms with Crippen LogP contribution >= 0.6 is 15.9 Å². The lowest BCUT2D eigenvalue weighted by molar-refractivity contribution is 0.295. The Hall–Kier alpha value is -0.870. The highest BCUT2D eigenvalue weighted by atomic mass is 79.9. The molecule has 0 aromatic heterocycles. The van der Waals surface area contributed by atoms with Crippen LogP contribution in [0.3, 0.4) is 0 Å². The number of aliphatic hydroxyl groups is 1. The maximum atomic E-state index is 9.09. The first-order valence-electron chi connectivity index (χ1n) is 3.35. The summed E-state index contributed by atoms with van der Waals surface area (Å²) >= 11 is 2.90. The number of aliphatic hydroxyl groups excluding tert-OH is 1. The third-order valence-electron chi connectivity index (χ3n) is 1.40. The molecule has 12 heavy (non-hydrogen) atoms. The minimum atomic E-state index is -0.940. The van der Waals surface area contributed by atoms with Crippen molar-refractivity contribution in [1.29, 1.82) is 0 Å². The van der Waals surface area contributed by atoms with Gasteiger partial charge < -0.3 is 10.3 Å². The van der Waals surface area contributed by atoms with Crippen molar-refractivity contribution in [3.05, 3.63) is 35.9 Å². The molecule has 1 unspecified atom stereocenters. The van der Waals surface area contributed by atoms with Gasteiger partial charge >= 0.3 is 0 Å². The number of oxime groups is 1. The highest BCUT2D eigenvalue weighted by Crippen LogP contribution is 2.08. The average molecular weight is 230 g/mol. The summed E-state index contributed by atoms with van der Waals surface area (Å²) in [6.45, 7) is 0. The van der Waals surface area contributed by atoms with Crippen LogP contribution in [-0.2, 0) is 0 Å². The van der Waals surface area contributed by atoms with Gasteiger partial charge in [0, 0.05) is 5.56 Å². The van der Waals surface area contributed by atoms with Gasteiger partial charge in [-0.25, -0.2) is 0 Å². The van der Waals surface area contributed by atoms with Gasteiger partial charge in [0.25, 0.3) is 0 Å². The van der Waals surface area contributed by atoms with Gasteiger partial charge in [-0.15, -0.1) is 0 Å². The summed E-state index contributed by atoms with van der Waals surface area (Å²) in [5.41, 5.74) is 0.889. The molecule has 4 heteroatoms. The van der Waals surface area contributed by atoms with E-state index in [4.69, 9.17) is 10.3 Å². The van der Waals surface area contributed by atoms with E-state index in [-0.39, 0.29) is 5.71 Å². The molecule has 0 saturated heterocycles. The Morgan fingerprint density at radius 3 is 2.33 bits per heavy atom. The molecule has 0 spiro atoms. The van der Waals surface area contributed by atoms with E-state index in [1.165, 1.54) is 0 Å². The summed E-state index contributed by atoms with van der Waals surface area (Å²) in [6.07, 6.45) is 0. The molecule has 1 rings (SSSR count). The average Bonchev–Trinajstić information content (AvgIpc) is 2.07. The molecule has 0 aliphatic rings. The molecule has 0 fully saturated rings. The highest BCUT2D eigenvalue weighted by Gasteiger charge is 2.10. The molecule has 0 radical (unpaired) electrons. The van der Waals surface area contributed by atoms with Crippen molar-refractivity contribution >= 4 is 21.6 Å². The van der Waals surface area contributed by atoms with E-state index in [2.05, 4.69) is 21.1 Å². The molecular weight excluding hydrogens is 222 g/mol. The smallest absolute Gasteiger partial charge is 0.154 e. The zero-order valence-electron chi connectivity index (χ0n) is 6.18. The second kappa shape index (κ2) is 4.23.